The molecule has 4 nitrogen and oxygen atoms in total. The summed E-state index contributed by atoms with van der Waals surface area (Å²) in [6, 6.07) is 8.45. The number of H-pyrrole nitrogens is 1. The van der Waals surface area contributed by atoms with Gasteiger partial charge < -0.3 is 10.4 Å². The Labute approximate surface area is 133 Å². The molecule has 3 N–H and O–H groups in total. The summed E-state index contributed by atoms with van der Waals surface area (Å²) in [5, 5.41) is 20.3. The highest BCUT2D eigenvalue weighted by Gasteiger charge is 2.20. The Balaban J connectivity index is 1.97. The molecule has 0 aliphatic heterocycles. The van der Waals surface area contributed by atoms with E-state index >= 15 is 0 Å². The summed E-state index contributed by atoms with van der Waals surface area (Å²) in [5.41, 5.74) is 4.71. The fourth-order valence-corrected chi connectivity index (χ4v) is 2.82. The van der Waals surface area contributed by atoms with Gasteiger partial charge in [-0.15, -0.1) is 0 Å². The Bertz CT molecular complexity index is 585. The highest BCUT2D eigenvalue weighted by Crippen LogP contribution is 2.23. The third kappa shape index (κ3) is 4.68. The van der Waals surface area contributed by atoms with Crippen LogP contribution in [0.4, 0.5) is 0 Å². The number of nitrogens with one attached hydrogen (secondary N) is 2. The Morgan fingerprint density at radius 3 is 2.59 bits per heavy atom. The van der Waals surface area contributed by atoms with Crippen molar-refractivity contribution in [2.24, 2.45) is 5.41 Å². The fourth-order valence-electron chi connectivity index (χ4n) is 2.82. The molecule has 1 aromatic heterocycles. The summed E-state index contributed by atoms with van der Waals surface area (Å²) in [5.74, 6) is 0. The minimum absolute atomic E-state index is 0.0714. The van der Waals surface area contributed by atoms with Crippen LogP contribution in [0, 0.1) is 12.3 Å². The fraction of sp³-hybridized carbons (Fsp3) is 0.500. The van der Waals surface area contributed by atoms with Crippen LogP contribution in [0.1, 0.15) is 38.3 Å². The van der Waals surface area contributed by atoms with Gasteiger partial charge in [0.2, 0.25) is 0 Å². The zero-order valence-electron chi connectivity index (χ0n) is 14.0. The van der Waals surface area contributed by atoms with E-state index in [1.54, 1.807) is 0 Å². The largest absolute Gasteiger partial charge is 0.393 e. The number of benzene rings is 1. The number of hydrogen-bond acceptors (Lipinski definition) is 3. The first-order chi connectivity index (χ1) is 10.4. The molecule has 0 saturated heterocycles. The number of aliphatic hydroxyl groups is 1. The van der Waals surface area contributed by atoms with E-state index in [0.717, 1.165) is 36.3 Å². The molecule has 22 heavy (non-hydrogen) atoms. The molecule has 1 unspecified atom stereocenters. The molecule has 0 radical (unpaired) electrons. The first kappa shape index (κ1) is 16.7. The van der Waals surface area contributed by atoms with E-state index < -0.39 is 0 Å². The molecule has 0 fully saturated rings. The van der Waals surface area contributed by atoms with E-state index in [1.807, 2.05) is 13.1 Å². The summed E-state index contributed by atoms with van der Waals surface area (Å²) < 4.78 is 0. The van der Waals surface area contributed by atoms with Crippen LogP contribution in [0.25, 0.3) is 11.3 Å². The van der Waals surface area contributed by atoms with Crippen LogP contribution in [0.5, 0.6) is 0 Å². The molecule has 0 aliphatic carbocycles. The topological polar surface area (TPSA) is 60.9 Å². The first-order valence-corrected chi connectivity index (χ1v) is 7.85. The molecule has 0 spiro atoms. The number of hydrogen-bond donors (Lipinski definition) is 3. The van der Waals surface area contributed by atoms with Gasteiger partial charge in [-0.05, 0) is 31.2 Å². The lowest BCUT2D eigenvalue weighted by atomic mass is 9.87. The highest BCUT2D eigenvalue weighted by atomic mass is 16.3. The number of aryl methyl sites for hydroxylation is 1. The standard InChI is InChI=1S/C18H27N3O/c1-13-5-7-15(8-6-13)17-16(11-20-21-17)10-19-12-18(3,4)9-14(2)22/h5-8,11,14,19,22H,9-10,12H2,1-4H3,(H,20,21). The molecule has 4 heteroatoms. The zero-order chi connectivity index (χ0) is 16.2. The third-order valence-corrected chi connectivity index (χ3v) is 3.83. The lowest BCUT2D eigenvalue weighted by Crippen LogP contribution is -2.31. The Morgan fingerprint density at radius 1 is 1.27 bits per heavy atom. The van der Waals surface area contributed by atoms with Crippen LogP contribution in [0.15, 0.2) is 30.5 Å². The monoisotopic (exact) mass is 301 g/mol. The van der Waals surface area contributed by atoms with Crippen LogP contribution in [0.2, 0.25) is 0 Å². The van der Waals surface area contributed by atoms with E-state index in [0.29, 0.717) is 0 Å². The molecule has 0 aliphatic rings. The van der Waals surface area contributed by atoms with Crippen molar-refractivity contribution >= 4 is 0 Å². The zero-order valence-corrected chi connectivity index (χ0v) is 14.0. The van der Waals surface area contributed by atoms with E-state index in [2.05, 4.69) is 60.6 Å². The maximum atomic E-state index is 9.54. The van der Waals surface area contributed by atoms with Crippen LogP contribution in [0.3, 0.4) is 0 Å². The van der Waals surface area contributed by atoms with Crippen molar-refractivity contribution in [1.82, 2.24) is 15.5 Å². The van der Waals surface area contributed by atoms with Crippen molar-refractivity contribution in [2.75, 3.05) is 6.54 Å². The maximum Gasteiger partial charge on any atom is 0.0695 e. The molecule has 2 rings (SSSR count). The molecule has 0 bridgehead atoms. The van der Waals surface area contributed by atoms with Gasteiger partial charge in [0.05, 0.1) is 18.0 Å². The van der Waals surface area contributed by atoms with E-state index in [-0.39, 0.29) is 11.5 Å². The van der Waals surface area contributed by atoms with Crippen LogP contribution in [-0.2, 0) is 6.54 Å². The number of aromatic nitrogens is 2. The van der Waals surface area contributed by atoms with Crippen molar-refractivity contribution in [3.8, 4) is 11.3 Å². The molecule has 0 saturated carbocycles. The summed E-state index contributed by atoms with van der Waals surface area (Å²) in [6.07, 6.45) is 2.40. The molecule has 0 amide bonds. The average Bonchev–Trinajstić information content (AvgIpc) is 2.86. The Hall–Kier alpha value is -1.65. The van der Waals surface area contributed by atoms with Gasteiger partial charge in [0.15, 0.2) is 0 Å². The van der Waals surface area contributed by atoms with Gasteiger partial charge in [0.25, 0.3) is 0 Å². The SMILES string of the molecule is Cc1ccc(-c2[nH]ncc2CNCC(C)(C)CC(C)O)cc1. The summed E-state index contributed by atoms with van der Waals surface area (Å²) in [6.45, 7) is 9.89. The summed E-state index contributed by atoms with van der Waals surface area (Å²) in [7, 11) is 0. The molecular weight excluding hydrogens is 274 g/mol. The second kappa shape index (κ2) is 7.07. The summed E-state index contributed by atoms with van der Waals surface area (Å²) in [4.78, 5) is 0. The van der Waals surface area contributed by atoms with Crippen molar-refractivity contribution in [2.45, 2.75) is 46.8 Å². The van der Waals surface area contributed by atoms with Gasteiger partial charge in [-0.1, -0.05) is 43.7 Å². The van der Waals surface area contributed by atoms with Gasteiger partial charge >= 0.3 is 0 Å². The van der Waals surface area contributed by atoms with Crippen molar-refractivity contribution in [3.63, 3.8) is 0 Å². The van der Waals surface area contributed by atoms with Gasteiger partial charge in [0, 0.05) is 18.7 Å². The number of aromatic amines is 1. The quantitative estimate of drug-likeness (QED) is 0.735. The number of aliphatic hydroxyl groups excluding tert-OH is 1. The Kier molecular flexibility index (Phi) is 5.37. The van der Waals surface area contributed by atoms with Gasteiger partial charge in [-0.3, -0.25) is 5.10 Å². The molecular formula is C18H27N3O. The van der Waals surface area contributed by atoms with E-state index in [4.69, 9.17) is 0 Å². The molecule has 2 aromatic rings. The molecule has 1 atom stereocenters. The Morgan fingerprint density at radius 2 is 1.95 bits per heavy atom. The second-order valence-electron chi connectivity index (χ2n) is 6.96. The predicted octanol–water partition coefficient (Wildman–Crippen LogP) is 3.27. The normalized spacial score (nSPS) is 13.3. The van der Waals surface area contributed by atoms with Crippen LogP contribution in [-0.4, -0.2) is 28.0 Å². The smallest absolute Gasteiger partial charge is 0.0695 e. The van der Waals surface area contributed by atoms with Gasteiger partial charge in [-0.25, -0.2) is 0 Å². The van der Waals surface area contributed by atoms with Gasteiger partial charge in [0.1, 0.15) is 0 Å². The second-order valence-corrected chi connectivity index (χ2v) is 6.96. The lowest BCUT2D eigenvalue weighted by molar-refractivity contribution is 0.128. The predicted molar refractivity (Wildman–Crippen MR) is 90.5 cm³/mol. The highest BCUT2D eigenvalue weighted by molar-refractivity contribution is 5.62. The molecule has 1 aromatic carbocycles. The summed E-state index contributed by atoms with van der Waals surface area (Å²) >= 11 is 0. The number of rotatable bonds is 7. The third-order valence-electron chi connectivity index (χ3n) is 3.83. The van der Waals surface area contributed by atoms with Crippen LogP contribution >= 0.6 is 0 Å². The van der Waals surface area contributed by atoms with Gasteiger partial charge in [-0.2, -0.15) is 5.10 Å². The average molecular weight is 301 g/mol. The minimum atomic E-state index is -0.270. The van der Waals surface area contributed by atoms with Crippen molar-refractivity contribution < 1.29 is 5.11 Å². The van der Waals surface area contributed by atoms with Crippen molar-refractivity contribution in [3.05, 3.63) is 41.6 Å². The lowest BCUT2D eigenvalue weighted by Gasteiger charge is -2.26. The van der Waals surface area contributed by atoms with E-state index in [9.17, 15) is 5.11 Å². The molecule has 120 valence electrons. The van der Waals surface area contributed by atoms with E-state index in [1.165, 1.54) is 5.56 Å². The van der Waals surface area contributed by atoms with Crippen molar-refractivity contribution in [1.29, 1.82) is 0 Å². The van der Waals surface area contributed by atoms with Crippen LogP contribution < -0.4 is 5.32 Å². The maximum absolute atomic E-state index is 9.54. The minimum Gasteiger partial charge on any atom is -0.393 e. The molecule has 1 heterocycles. The first-order valence-electron chi connectivity index (χ1n) is 7.85. The number of nitrogens with zero attached hydrogens (tertiary/aromatic N) is 1.